The second kappa shape index (κ2) is 18.3. The Morgan fingerprint density at radius 1 is 0.870 bits per heavy atom. The highest BCUT2D eigenvalue weighted by Gasteiger charge is 2.43. The Morgan fingerprint density at radius 3 is 1.91 bits per heavy atom. The third kappa shape index (κ3) is 14.8. The lowest BCUT2D eigenvalue weighted by molar-refractivity contribution is -0.155. The van der Waals surface area contributed by atoms with E-state index in [-0.39, 0.29) is 40.3 Å². The molecule has 0 saturated carbocycles. The minimum absolute atomic E-state index is 0.00680. The molecule has 46 heavy (non-hydrogen) atoms. The van der Waals surface area contributed by atoms with E-state index in [1.807, 2.05) is 13.8 Å². The molecule has 0 aromatic carbocycles. The molecule has 7 atom stereocenters. The zero-order valence-corrected chi connectivity index (χ0v) is 35.8. The summed E-state index contributed by atoms with van der Waals surface area (Å²) in [7, 11) is -4.38. The standard InChI is InChI=1S/C36H68INO6Si2/c1-25-18-16-15-17-19-31(43-45(11,12)35(5,6)7)30(42-34(38)40)21-20-26(2)23-32(44-46(13,14)36(8,9)10)28(4)33(39)41-29(22-25)24-27(3)37/h15-16,24-26,28-32H,17-23H2,1-14H3,(H2,38,40)/b16-15+,27-24+/t25-,26-,28-,29-,30-,31-,32?/m0/s1. The Kier molecular flexibility index (Phi) is 17.3. The summed E-state index contributed by atoms with van der Waals surface area (Å²) in [6.45, 7) is 30.7. The molecular weight excluding hydrogens is 725 g/mol. The van der Waals surface area contributed by atoms with Crippen LogP contribution < -0.4 is 5.73 Å². The maximum Gasteiger partial charge on any atom is 0.404 e. The number of allylic oxidation sites excluding steroid dienone is 3. The van der Waals surface area contributed by atoms with Crippen molar-refractivity contribution in [2.45, 2.75) is 175 Å². The van der Waals surface area contributed by atoms with Gasteiger partial charge in [0.25, 0.3) is 0 Å². The van der Waals surface area contributed by atoms with Crippen molar-refractivity contribution in [3.8, 4) is 0 Å². The molecule has 1 heterocycles. The van der Waals surface area contributed by atoms with Gasteiger partial charge in [0.1, 0.15) is 12.2 Å². The summed E-state index contributed by atoms with van der Waals surface area (Å²) in [6, 6.07) is 0. The van der Waals surface area contributed by atoms with Crippen LogP contribution in [0.1, 0.15) is 114 Å². The smallest absolute Gasteiger partial charge is 0.404 e. The van der Waals surface area contributed by atoms with Crippen LogP contribution in [0, 0.1) is 17.8 Å². The molecule has 10 heteroatoms. The summed E-state index contributed by atoms with van der Waals surface area (Å²) in [6.07, 6.45) is 9.72. The van der Waals surface area contributed by atoms with E-state index in [0.717, 1.165) is 35.7 Å². The molecule has 1 unspecified atom stereocenters. The number of halogens is 1. The summed E-state index contributed by atoms with van der Waals surface area (Å²) in [5.74, 6) is -0.122. The van der Waals surface area contributed by atoms with E-state index in [0.29, 0.717) is 18.8 Å². The van der Waals surface area contributed by atoms with E-state index in [1.165, 1.54) is 0 Å². The van der Waals surface area contributed by atoms with Crippen LogP contribution in [0.15, 0.2) is 21.8 Å². The van der Waals surface area contributed by atoms with Crippen molar-refractivity contribution in [2.75, 3.05) is 0 Å². The molecule has 0 aliphatic carbocycles. The number of carbonyl (C=O) groups is 2. The number of cyclic esters (lactones) is 1. The minimum Gasteiger partial charge on any atom is -0.458 e. The van der Waals surface area contributed by atoms with Crippen LogP contribution in [-0.4, -0.2) is 53.1 Å². The zero-order chi connectivity index (χ0) is 35.7. The third-order valence-corrected chi connectivity index (χ3v) is 19.7. The Labute approximate surface area is 298 Å². The monoisotopic (exact) mass is 793 g/mol. The van der Waals surface area contributed by atoms with E-state index in [2.05, 4.69) is 122 Å². The van der Waals surface area contributed by atoms with Gasteiger partial charge in [-0.3, -0.25) is 4.79 Å². The van der Waals surface area contributed by atoms with Crippen molar-refractivity contribution in [3.63, 3.8) is 0 Å². The van der Waals surface area contributed by atoms with Crippen LogP contribution in [-0.2, 0) is 23.1 Å². The SMILES string of the molecule is C/C(I)=C\[C@@H]1C[C@@H](C)C/C=C/CC[C@H](O[Si](C)(C)C(C)(C)C)[C@@H](OC(N)=O)CC[C@H](C)CC(O[Si](C)(C)C(C)(C)C)[C@H](C)C(=O)O1. The molecule has 0 aromatic heterocycles. The molecule has 0 radical (unpaired) electrons. The van der Waals surface area contributed by atoms with Crippen LogP contribution in [0.2, 0.25) is 36.3 Å². The normalized spacial score (nSPS) is 30.1. The van der Waals surface area contributed by atoms with Gasteiger partial charge in [-0.2, -0.15) is 0 Å². The van der Waals surface area contributed by atoms with E-state index >= 15 is 0 Å². The molecule has 2 N–H and O–H groups in total. The number of hydrogen-bond acceptors (Lipinski definition) is 6. The van der Waals surface area contributed by atoms with E-state index in [4.69, 9.17) is 24.1 Å². The fourth-order valence-electron chi connectivity index (χ4n) is 5.23. The van der Waals surface area contributed by atoms with Crippen LogP contribution in [0.25, 0.3) is 0 Å². The maximum absolute atomic E-state index is 13.8. The van der Waals surface area contributed by atoms with Gasteiger partial charge in [0.05, 0.1) is 18.1 Å². The first-order chi connectivity index (χ1) is 20.9. The number of nitrogens with two attached hydrogens (primary N) is 1. The van der Waals surface area contributed by atoms with Crippen LogP contribution in [0.5, 0.6) is 0 Å². The van der Waals surface area contributed by atoms with E-state index in [1.54, 1.807) is 0 Å². The number of carbonyl (C=O) groups excluding carboxylic acids is 2. The highest BCUT2D eigenvalue weighted by Crippen LogP contribution is 2.41. The van der Waals surface area contributed by atoms with Gasteiger partial charge in [-0.15, -0.1) is 0 Å². The molecule has 0 bridgehead atoms. The lowest BCUT2D eigenvalue weighted by Crippen LogP contribution is -2.48. The van der Waals surface area contributed by atoms with Crippen molar-refractivity contribution in [3.05, 3.63) is 21.8 Å². The Bertz CT molecular complexity index is 1030. The van der Waals surface area contributed by atoms with Crippen molar-refractivity contribution in [1.29, 1.82) is 0 Å². The van der Waals surface area contributed by atoms with Gasteiger partial charge in [-0.1, -0.05) is 67.5 Å². The molecule has 1 aliphatic rings. The van der Waals surface area contributed by atoms with E-state index < -0.39 is 34.7 Å². The molecular formula is C36H68INO6Si2. The Morgan fingerprint density at radius 2 is 1.41 bits per heavy atom. The fourth-order valence-corrected chi connectivity index (χ4v) is 8.42. The van der Waals surface area contributed by atoms with Crippen molar-refractivity contribution < 1.29 is 27.9 Å². The largest absolute Gasteiger partial charge is 0.458 e. The molecule has 1 amide bonds. The lowest BCUT2D eigenvalue weighted by Gasteiger charge is -2.42. The highest BCUT2D eigenvalue weighted by atomic mass is 127. The number of ether oxygens (including phenoxy) is 2. The number of rotatable bonds is 6. The average Bonchev–Trinajstić information content (AvgIpc) is 2.86. The van der Waals surface area contributed by atoms with Gasteiger partial charge in [0.15, 0.2) is 16.6 Å². The van der Waals surface area contributed by atoms with Crippen molar-refractivity contribution >= 4 is 51.3 Å². The van der Waals surface area contributed by atoms with Gasteiger partial charge < -0.3 is 24.1 Å². The first-order valence-electron chi connectivity index (χ1n) is 17.4. The van der Waals surface area contributed by atoms with Gasteiger partial charge in [-0.25, -0.2) is 4.79 Å². The summed E-state index contributed by atoms with van der Waals surface area (Å²) in [4.78, 5) is 25.9. The quantitative estimate of drug-likeness (QED) is 0.124. The first-order valence-corrected chi connectivity index (χ1v) is 24.3. The van der Waals surface area contributed by atoms with Crippen molar-refractivity contribution in [1.82, 2.24) is 0 Å². The second-order valence-corrected chi connectivity index (χ2v) is 28.1. The fraction of sp³-hybridized carbons (Fsp3) is 0.833. The van der Waals surface area contributed by atoms with Crippen molar-refractivity contribution in [2.24, 2.45) is 23.5 Å². The maximum atomic E-state index is 13.8. The predicted molar refractivity (Wildman–Crippen MR) is 205 cm³/mol. The van der Waals surface area contributed by atoms with Gasteiger partial charge >= 0.3 is 12.1 Å². The molecule has 7 nitrogen and oxygen atoms in total. The number of hydrogen-bond donors (Lipinski definition) is 1. The number of esters is 1. The Balaban J connectivity index is 3.56. The minimum atomic E-state index is -2.20. The molecule has 268 valence electrons. The number of primary amides is 1. The van der Waals surface area contributed by atoms with E-state index in [9.17, 15) is 9.59 Å². The number of amides is 1. The molecule has 0 spiro atoms. The van der Waals surface area contributed by atoms with Crippen LogP contribution in [0.4, 0.5) is 4.79 Å². The molecule has 0 saturated heterocycles. The Hall–Kier alpha value is -0.696. The average molecular weight is 794 g/mol. The molecule has 0 fully saturated rings. The predicted octanol–water partition coefficient (Wildman–Crippen LogP) is 10.7. The summed E-state index contributed by atoms with van der Waals surface area (Å²) in [5.41, 5.74) is 5.63. The lowest BCUT2D eigenvalue weighted by atomic mass is 9.90. The molecule has 1 aliphatic heterocycles. The summed E-state index contributed by atoms with van der Waals surface area (Å²) >= 11 is 2.29. The topological polar surface area (TPSA) is 97.1 Å². The molecule has 0 aromatic rings. The highest BCUT2D eigenvalue weighted by molar-refractivity contribution is 14.1. The first kappa shape index (κ1) is 43.3. The van der Waals surface area contributed by atoms with Crippen LogP contribution in [0.3, 0.4) is 0 Å². The van der Waals surface area contributed by atoms with Gasteiger partial charge in [-0.05, 0) is 139 Å². The van der Waals surface area contributed by atoms with Gasteiger partial charge in [0.2, 0.25) is 0 Å². The van der Waals surface area contributed by atoms with Crippen LogP contribution >= 0.6 is 22.6 Å². The van der Waals surface area contributed by atoms with Gasteiger partial charge in [0, 0.05) is 0 Å². The zero-order valence-electron chi connectivity index (χ0n) is 31.6. The summed E-state index contributed by atoms with van der Waals surface area (Å²) < 4.78 is 27.1. The second-order valence-electron chi connectivity index (χ2n) is 16.9. The molecule has 1 rings (SSSR count). The third-order valence-electron chi connectivity index (χ3n) is 10.3. The summed E-state index contributed by atoms with van der Waals surface area (Å²) in [5, 5.41) is 0.00232.